The van der Waals surface area contributed by atoms with Crippen LogP contribution in [-0.4, -0.2) is 23.9 Å². The van der Waals surface area contributed by atoms with Crippen LogP contribution in [0.3, 0.4) is 0 Å². The average molecular weight is 492 g/mol. The molecule has 7 heteroatoms. The number of aryl methyl sites for hydroxylation is 1. The monoisotopic (exact) mass is 491 g/mol. The zero-order chi connectivity index (χ0) is 26.4. The second kappa shape index (κ2) is 9.22. The molecular formula is C29H27F2NO4. The van der Waals surface area contributed by atoms with E-state index in [1.54, 1.807) is 37.4 Å². The molecular weight excluding hydrogens is 464 g/mol. The van der Waals surface area contributed by atoms with Crippen LogP contribution in [0.5, 0.6) is 5.75 Å². The molecule has 36 heavy (non-hydrogen) atoms. The normalized spacial score (nSPS) is 17.5. The molecule has 0 spiro atoms. The Morgan fingerprint density at radius 3 is 2.28 bits per heavy atom. The van der Waals surface area contributed by atoms with Crippen molar-refractivity contribution in [2.75, 3.05) is 12.0 Å². The Morgan fingerprint density at radius 1 is 0.972 bits per heavy atom. The van der Waals surface area contributed by atoms with E-state index in [0.717, 1.165) is 28.2 Å². The lowest BCUT2D eigenvalue weighted by Gasteiger charge is -2.27. The van der Waals surface area contributed by atoms with E-state index >= 15 is 0 Å². The molecule has 186 valence electrons. The van der Waals surface area contributed by atoms with Crippen molar-refractivity contribution < 1.29 is 28.2 Å². The molecule has 1 atom stereocenters. The van der Waals surface area contributed by atoms with Crippen LogP contribution < -0.4 is 9.64 Å². The van der Waals surface area contributed by atoms with Gasteiger partial charge in [-0.25, -0.2) is 8.78 Å². The topological polar surface area (TPSA) is 66.8 Å². The molecule has 3 aromatic carbocycles. The number of ether oxygens (including phenoxy) is 1. The Labute approximate surface area is 208 Å². The Bertz CT molecular complexity index is 1400. The molecule has 0 aliphatic carbocycles. The molecule has 1 N–H and O–H groups in total. The summed E-state index contributed by atoms with van der Waals surface area (Å²) in [5.74, 6) is -3.82. The Kier molecular flexibility index (Phi) is 6.43. The number of carbonyl (C=O) groups excluding carboxylic acids is 2. The molecule has 3 aromatic rings. The number of halogens is 2. The first-order valence-corrected chi connectivity index (χ1v) is 11.5. The highest BCUT2D eigenvalue weighted by atomic mass is 19.2. The van der Waals surface area contributed by atoms with Crippen molar-refractivity contribution in [3.05, 3.63) is 100 Å². The molecule has 0 saturated carbocycles. The van der Waals surface area contributed by atoms with Gasteiger partial charge in [-0.15, -0.1) is 0 Å². The van der Waals surface area contributed by atoms with Gasteiger partial charge in [-0.05, 0) is 53.8 Å². The minimum Gasteiger partial charge on any atom is -0.507 e. The number of benzene rings is 3. The maximum absolute atomic E-state index is 14.1. The van der Waals surface area contributed by atoms with E-state index in [2.05, 4.69) is 0 Å². The zero-order valence-electron chi connectivity index (χ0n) is 20.7. The van der Waals surface area contributed by atoms with Crippen molar-refractivity contribution in [3.63, 3.8) is 0 Å². The van der Waals surface area contributed by atoms with Crippen LogP contribution in [0.15, 0.2) is 66.2 Å². The number of hydrogen-bond acceptors (Lipinski definition) is 4. The fourth-order valence-corrected chi connectivity index (χ4v) is 4.52. The SMILES string of the molecule is COc1ccc(/C(O)=C2\C(=O)C(=O)N(c3ccc(F)c(F)c3)C2c2ccccc2C)cc1C(C)(C)C. The number of amides is 1. The predicted molar refractivity (Wildman–Crippen MR) is 134 cm³/mol. The van der Waals surface area contributed by atoms with Gasteiger partial charge in [0, 0.05) is 22.9 Å². The fourth-order valence-electron chi connectivity index (χ4n) is 4.52. The Balaban J connectivity index is 1.99. The summed E-state index contributed by atoms with van der Waals surface area (Å²) >= 11 is 0. The first-order valence-electron chi connectivity index (χ1n) is 11.5. The number of rotatable bonds is 4. The van der Waals surface area contributed by atoms with Crippen LogP contribution in [-0.2, 0) is 15.0 Å². The summed E-state index contributed by atoms with van der Waals surface area (Å²) in [5, 5.41) is 11.5. The molecule has 0 radical (unpaired) electrons. The van der Waals surface area contributed by atoms with Crippen molar-refractivity contribution in [2.24, 2.45) is 0 Å². The fraction of sp³-hybridized carbons (Fsp3) is 0.241. The van der Waals surface area contributed by atoms with Crippen LogP contribution in [0.1, 0.15) is 49.1 Å². The van der Waals surface area contributed by atoms with Gasteiger partial charge in [-0.2, -0.15) is 0 Å². The lowest BCUT2D eigenvalue weighted by molar-refractivity contribution is -0.132. The van der Waals surface area contributed by atoms with Crippen molar-refractivity contribution in [1.82, 2.24) is 0 Å². The second-order valence-electron chi connectivity index (χ2n) is 9.79. The molecule has 1 heterocycles. The van der Waals surface area contributed by atoms with Gasteiger partial charge in [0.25, 0.3) is 11.7 Å². The second-order valence-corrected chi connectivity index (χ2v) is 9.79. The van der Waals surface area contributed by atoms with E-state index in [-0.39, 0.29) is 22.4 Å². The van der Waals surface area contributed by atoms with Crippen molar-refractivity contribution in [2.45, 2.75) is 39.2 Å². The quantitative estimate of drug-likeness (QED) is 0.268. The Hall–Kier alpha value is -4.00. The third-order valence-corrected chi connectivity index (χ3v) is 6.39. The number of hydrogen-bond donors (Lipinski definition) is 1. The minimum absolute atomic E-state index is 0.00779. The summed E-state index contributed by atoms with van der Waals surface area (Å²) in [6.45, 7) is 7.78. The van der Waals surface area contributed by atoms with Crippen LogP contribution >= 0.6 is 0 Å². The predicted octanol–water partition coefficient (Wildman–Crippen LogP) is 6.21. The minimum atomic E-state index is -1.15. The maximum atomic E-state index is 14.1. The van der Waals surface area contributed by atoms with Gasteiger partial charge in [0.2, 0.25) is 0 Å². The molecule has 4 rings (SSSR count). The van der Waals surface area contributed by atoms with Crippen LogP contribution in [0.2, 0.25) is 0 Å². The van der Waals surface area contributed by atoms with Gasteiger partial charge in [0.05, 0.1) is 18.7 Å². The summed E-state index contributed by atoms with van der Waals surface area (Å²) in [5.41, 5.74) is 2.01. The highest BCUT2D eigenvalue weighted by molar-refractivity contribution is 6.51. The van der Waals surface area contributed by atoms with Crippen LogP contribution in [0.25, 0.3) is 5.76 Å². The largest absolute Gasteiger partial charge is 0.507 e. The molecule has 0 aromatic heterocycles. The molecule has 5 nitrogen and oxygen atoms in total. The van der Waals surface area contributed by atoms with Gasteiger partial charge in [0.1, 0.15) is 11.5 Å². The van der Waals surface area contributed by atoms with Gasteiger partial charge in [-0.1, -0.05) is 45.0 Å². The number of nitrogens with zero attached hydrogens (tertiary/aromatic N) is 1. The standard InChI is InChI=1S/C29H27F2NO4/c1-16-8-6-7-9-19(16)25-24(26(33)17-10-13-23(36-5)20(14-17)29(2,3)4)27(34)28(35)32(25)18-11-12-21(30)22(31)15-18/h6-15,25,33H,1-5H3/b26-24+. The number of carbonyl (C=O) groups is 2. The Morgan fingerprint density at radius 2 is 1.67 bits per heavy atom. The number of aliphatic hydroxyl groups is 1. The van der Waals surface area contributed by atoms with Gasteiger partial charge in [-0.3, -0.25) is 14.5 Å². The smallest absolute Gasteiger partial charge is 0.300 e. The first-order chi connectivity index (χ1) is 17.0. The molecule has 1 unspecified atom stereocenters. The number of ketones is 1. The summed E-state index contributed by atoms with van der Waals surface area (Å²) < 4.78 is 33.3. The van der Waals surface area contributed by atoms with E-state index < -0.39 is 29.4 Å². The lowest BCUT2D eigenvalue weighted by Crippen LogP contribution is -2.30. The molecule has 1 amide bonds. The van der Waals surface area contributed by atoms with Gasteiger partial charge >= 0.3 is 0 Å². The lowest BCUT2D eigenvalue weighted by atomic mass is 9.84. The number of methoxy groups -OCH3 is 1. The van der Waals surface area contributed by atoms with Gasteiger partial charge in [0.15, 0.2) is 11.6 Å². The van der Waals surface area contributed by atoms with Crippen LogP contribution in [0, 0.1) is 18.6 Å². The molecule has 1 fully saturated rings. The van der Waals surface area contributed by atoms with E-state index in [4.69, 9.17) is 4.74 Å². The number of anilines is 1. The summed E-state index contributed by atoms with van der Waals surface area (Å²) in [4.78, 5) is 27.7. The highest BCUT2D eigenvalue weighted by Gasteiger charge is 2.47. The number of Topliss-reactive ketones (excluding diaryl/α,β-unsaturated/α-hetero) is 1. The summed E-state index contributed by atoms with van der Waals surface area (Å²) in [6, 6.07) is 14.1. The van der Waals surface area contributed by atoms with E-state index in [1.807, 2.05) is 39.8 Å². The maximum Gasteiger partial charge on any atom is 0.300 e. The third-order valence-electron chi connectivity index (χ3n) is 6.39. The summed E-state index contributed by atoms with van der Waals surface area (Å²) in [7, 11) is 1.55. The molecule has 1 aliphatic heterocycles. The number of aliphatic hydroxyl groups excluding tert-OH is 1. The molecule has 1 aliphatic rings. The average Bonchev–Trinajstić information content (AvgIpc) is 3.10. The first kappa shape index (κ1) is 25.1. The van der Waals surface area contributed by atoms with Crippen molar-refractivity contribution in [1.29, 1.82) is 0 Å². The highest BCUT2D eigenvalue weighted by Crippen LogP contribution is 2.44. The summed E-state index contributed by atoms with van der Waals surface area (Å²) in [6.07, 6.45) is 0. The third kappa shape index (κ3) is 4.26. The van der Waals surface area contributed by atoms with E-state index in [1.165, 1.54) is 6.07 Å². The van der Waals surface area contributed by atoms with Crippen LogP contribution in [0.4, 0.5) is 14.5 Å². The van der Waals surface area contributed by atoms with E-state index in [0.29, 0.717) is 16.9 Å². The van der Waals surface area contributed by atoms with Crippen molar-refractivity contribution >= 4 is 23.1 Å². The molecule has 0 bridgehead atoms. The molecule has 1 saturated heterocycles. The van der Waals surface area contributed by atoms with E-state index in [9.17, 15) is 23.5 Å². The van der Waals surface area contributed by atoms with Gasteiger partial charge < -0.3 is 9.84 Å². The zero-order valence-corrected chi connectivity index (χ0v) is 20.7. The van der Waals surface area contributed by atoms with Crippen molar-refractivity contribution in [3.8, 4) is 5.75 Å².